The molecule has 0 unspecified atom stereocenters. The van der Waals surface area contributed by atoms with Gasteiger partial charge in [0.2, 0.25) is 5.95 Å². The summed E-state index contributed by atoms with van der Waals surface area (Å²) in [5, 5.41) is 3.02. The zero-order chi connectivity index (χ0) is 17.6. The highest BCUT2D eigenvalue weighted by Gasteiger charge is 2.16. The van der Waals surface area contributed by atoms with Crippen LogP contribution in [0.5, 0.6) is 0 Å². The lowest BCUT2D eigenvalue weighted by molar-refractivity contribution is 0.615. The Morgan fingerprint density at radius 2 is 2.20 bits per heavy atom. The van der Waals surface area contributed by atoms with E-state index in [1.165, 1.54) is 23.7 Å². The Morgan fingerprint density at radius 3 is 3.00 bits per heavy atom. The maximum Gasteiger partial charge on any atom is 0.230 e. The topological polar surface area (TPSA) is 115 Å². The van der Waals surface area contributed by atoms with Crippen molar-refractivity contribution in [1.82, 2.24) is 15.0 Å². The average molecular weight is 337 g/mol. The lowest BCUT2D eigenvalue weighted by Gasteiger charge is -2.13. The second kappa shape index (κ2) is 7.85. The van der Waals surface area contributed by atoms with Crippen molar-refractivity contribution in [2.24, 2.45) is 16.5 Å². The number of rotatable bonds is 4. The molecule has 5 N–H and O–H groups in total. The third-order valence-electron chi connectivity index (χ3n) is 4.29. The first-order valence-electron chi connectivity index (χ1n) is 8.40. The quantitative estimate of drug-likeness (QED) is 0.582. The summed E-state index contributed by atoms with van der Waals surface area (Å²) in [7, 11) is 1.67. The summed E-state index contributed by atoms with van der Waals surface area (Å²) in [5.41, 5.74) is 15.9. The third kappa shape index (κ3) is 4.00. The van der Waals surface area contributed by atoms with Gasteiger partial charge >= 0.3 is 0 Å². The molecule has 25 heavy (non-hydrogen) atoms. The fourth-order valence-corrected chi connectivity index (χ4v) is 3.04. The van der Waals surface area contributed by atoms with Crippen LogP contribution in [-0.4, -0.2) is 28.2 Å². The third-order valence-corrected chi connectivity index (χ3v) is 4.29. The SMILES string of the molecule is CN=CC(=CN)Nc1ncnc(-c2ccc3c(c2)CCCC[C@H]3N)n1. The van der Waals surface area contributed by atoms with Crippen LogP contribution in [0.2, 0.25) is 0 Å². The summed E-state index contributed by atoms with van der Waals surface area (Å²) in [6, 6.07) is 6.39. The minimum Gasteiger partial charge on any atom is -0.403 e. The molecule has 7 nitrogen and oxygen atoms in total. The van der Waals surface area contributed by atoms with E-state index in [1.54, 1.807) is 13.3 Å². The number of allylic oxidation sites excluding steroid dienone is 1. The van der Waals surface area contributed by atoms with Gasteiger partial charge in [-0.15, -0.1) is 0 Å². The van der Waals surface area contributed by atoms with E-state index >= 15 is 0 Å². The number of anilines is 1. The average Bonchev–Trinajstić information content (AvgIpc) is 2.82. The molecular weight excluding hydrogens is 314 g/mol. The Morgan fingerprint density at radius 1 is 1.32 bits per heavy atom. The predicted molar refractivity (Wildman–Crippen MR) is 100 cm³/mol. The molecule has 1 aliphatic carbocycles. The van der Waals surface area contributed by atoms with Gasteiger partial charge < -0.3 is 16.8 Å². The molecule has 0 amide bonds. The largest absolute Gasteiger partial charge is 0.403 e. The summed E-state index contributed by atoms with van der Waals surface area (Å²) < 4.78 is 0. The van der Waals surface area contributed by atoms with E-state index in [0.717, 1.165) is 31.2 Å². The van der Waals surface area contributed by atoms with Crippen molar-refractivity contribution in [3.63, 3.8) is 0 Å². The molecule has 0 saturated heterocycles. The van der Waals surface area contributed by atoms with Gasteiger partial charge in [0, 0.05) is 31.1 Å². The molecule has 1 aromatic carbocycles. The van der Waals surface area contributed by atoms with E-state index in [-0.39, 0.29) is 6.04 Å². The number of hydrogen-bond acceptors (Lipinski definition) is 7. The smallest absolute Gasteiger partial charge is 0.230 e. The number of aromatic nitrogens is 3. The second-order valence-electron chi connectivity index (χ2n) is 6.03. The Hall–Kier alpha value is -2.80. The van der Waals surface area contributed by atoms with Gasteiger partial charge in [-0.1, -0.05) is 18.6 Å². The van der Waals surface area contributed by atoms with Crippen molar-refractivity contribution in [1.29, 1.82) is 0 Å². The fraction of sp³-hybridized carbons (Fsp3) is 0.333. The molecule has 0 spiro atoms. The standard InChI is InChI=1S/C18H23N7/c1-21-10-14(9-19)24-18-23-11-22-17(25-18)13-6-7-15-12(8-13)4-2-3-5-16(15)20/h6-11,16H,2-5,19-20H2,1H3,(H,22,23,24,25)/t16-/m1/s1. The van der Waals surface area contributed by atoms with Crippen LogP contribution in [-0.2, 0) is 6.42 Å². The van der Waals surface area contributed by atoms with Gasteiger partial charge in [-0.25, -0.2) is 9.97 Å². The molecule has 1 atom stereocenters. The van der Waals surface area contributed by atoms with Crippen LogP contribution in [0.3, 0.4) is 0 Å². The molecular formula is C18H23N7. The van der Waals surface area contributed by atoms with Crippen molar-refractivity contribution in [2.45, 2.75) is 31.7 Å². The molecule has 3 rings (SSSR count). The number of benzene rings is 1. The van der Waals surface area contributed by atoms with Gasteiger partial charge in [0.05, 0.1) is 5.70 Å². The van der Waals surface area contributed by atoms with Gasteiger partial charge in [-0.3, -0.25) is 4.99 Å². The van der Waals surface area contributed by atoms with Crippen molar-refractivity contribution < 1.29 is 0 Å². The number of nitrogens with two attached hydrogens (primary N) is 2. The van der Waals surface area contributed by atoms with Crippen LogP contribution in [0.25, 0.3) is 11.4 Å². The Labute approximate surface area is 147 Å². The fourth-order valence-electron chi connectivity index (χ4n) is 3.04. The summed E-state index contributed by atoms with van der Waals surface area (Å²) in [4.78, 5) is 16.9. The minimum absolute atomic E-state index is 0.118. The second-order valence-corrected chi connectivity index (χ2v) is 6.03. The van der Waals surface area contributed by atoms with Crippen LogP contribution in [0, 0.1) is 0 Å². The van der Waals surface area contributed by atoms with Crippen molar-refractivity contribution in [3.8, 4) is 11.4 Å². The first kappa shape index (κ1) is 17.0. The Bertz CT molecular complexity index is 798. The highest BCUT2D eigenvalue weighted by atomic mass is 15.1. The number of hydrogen-bond donors (Lipinski definition) is 3. The molecule has 2 aromatic rings. The van der Waals surface area contributed by atoms with Crippen molar-refractivity contribution >= 4 is 12.2 Å². The molecule has 1 aromatic heterocycles. The minimum atomic E-state index is 0.118. The Kier molecular flexibility index (Phi) is 5.35. The van der Waals surface area contributed by atoms with Crippen molar-refractivity contribution in [2.75, 3.05) is 12.4 Å². The van der Waals surface area contributed by atoms with E-state index < -0.39 is 0 Å². The summed E-state index contributed by atoms with van der Waals surface area (Å²) in [6.07, 6.45) is 8.92. The van der Waals surface area contributed by atoms with Crippen LogP contribution >= 0.6 is 0 Å². The molecule has 7 heteroatoms. The molecule has 0 radical (unpaired) electrons. The highest BCUT2D eigenvalue weighted by molar-refractivity contribution is 5.81. The summed E-state index contributed by atoms with van der Waals surface area (Å²) >= 11 is 0. The van der Waals surface area contributed by atoms with Gasteiger partial charge in [-0.05, 0) is 36.5 Å². The van der Waals surface area contributed by atoms with Crippen LogP contribution in [0.4, 0.5) is 5.95 Å². The molecule has 0 fully saturated rings. The number of fused-ring (bicyclic) bond motifs is 1. The first-order valence-corrected chi connectivity index (χ1v) is 8.40. The lowest BCUT2D eigenvalue weighted by Crippen LogP contribution is -2.10. The molecule has 0 saturated carbocycles. The number of nitrogens with one attached hydrogen (secondary N) is 1. The maximum absolute atomic E-state index is 6.28. The van der Waals surface area contributed by atoms with Crippen molar-refractivity contribution in [3.05, 3.63) is 47.6 Å². The van der Waals surface area contributed by atoms with Gasteiger partial charge in [0.15, 0.2) is 5.82 Å². The summed E-state index contributed by atoms with van der Waals surface area (Å²) in [6.45, 7) is 0. The number of aryl methyl sites for hydroxylation is 1. The van der Waals surface area contributed by atoms with Crippen LogP contribution < -0.4 is 16.8 Å². The van der Waals surface area contributed by atoms with Gasteiger partial charge in [0.1, 0.15) is 6.33 Å². The zero-order valence-corrected chi connectivity index (χ0v) is 14.3. The van der Waals surface area contributed by atoms with Crippen LogP contribution in [0.15, 0.2) is 41.4 Å². The first-order chi connectivity index (χ1) is 12.2. The summed E-state index contributed by atoms with van der Waals surface area (Å²) in [5.74, 6) is 1.04. The number of nitrogens with zero attached hydrogens (tertiary/aromatic N) is 4. The van der Waals surface area contributed by atoms with Gasteiger partial charge in [-0.2, -0.15) is 4.98 Å². The highest BCUT2D eigenvalue weighted by Crippen LogP contribution is 2.30. The number of aliphatic imine (C=N–C) groups is 1. The van der Waals surface area contributed by atoms with E-state index in [4.69, 9.17) is 11.5 Å². The van der Waals surface area contributed by atoms with E-state index in [9.17, 15) is 0 Å². The monoisotopic (exact) mass is 337 g/mol. The molecule has 1 aliphatic rings. The molecule has 130 valence electrons. The van der Waals surface area contributed by atoms with E-state index in [2.05, 4.69) is 37.4 Å². The zero-order valence-electron chi connectivity index (χ0n) is 14.3. The van der Waals surface area contributed by atoms with E-state index in [0.29, 0.717) is 17.5 Å². The normalized spacial score (nSPS) is 18.0. The maximum atomic E-state index is 6.28. The predicted octanol–water partition coefficient (Wildman–Crippen LogP) is 2.18. The molecule has 0 bridgehead atoms. The van der Waals surface area contributed by atoms with Crippen LogP contribution in [0.1, 0.15) is 36.4 Å². The lowest BCUT2D eigenvalue weighted by atomic mass is 9.97. The van der Waals surface area contributed by atoms with Gasteiger partial charge in [0.25, 0.3) is 0 Å². The van der Waals surface area contributed by atoms with E-state index in [1.807, 2.05) is 6.07 Å². The Balaban J connectivity index is 1.90. The molecule has 0 aliphatic heterocycles. The molecule has 1 heterocycles.